The largest absolute Gasteiger partial charge is 0.423 e. The second-order valence-electron chi connectivity index (χ2n) is 8.52. The molecule has 3 amide bonds. The van der Waals surface area contributed by atoms with Gasteiger partial charge in [0, 0.05) is 27.3 Å². The number of alkyl halides is 3. The highest BCUT2D eigenvalue weighted by Gasteiger charge is 2.61. The van der Waals surface area contributed by atoms with Crippen molar-refractivity contribution in [2.45, 2.75) is 17.8 Å². The summed E-state index contributed by atoms with van der Waals surface area (Å²) in [4.78, 5) is 26.2. The molecule has 2 heterocycles. The number of aliphatic hydroxyl groups is 1. The van der Waals surface area contributed by atoms with E-state index in [1.54, 1.807) is 0 Å². The van der Waals surface area contributed by atoms with Crippen LogP contribution < -0.4 is 15.5 Å². The number of nitrogens with one attached hydrogen (secondary N) is 2. The van der Waals surface area contributed by atoms with Crippen LogP contribution in [0, 0.1) is 17.5 Å². The first-order chi connectivity index (χ1) is 17.3. The Labute approximate surface area is 209 Å². The fourth-order valence-corrected chi connectivity index (χ4v) is 4.78. The predicted octanol–water partition coefficient (Wildman–Crippen LogP) is 5.39. The van der Waals surface area contributed by atoms with E-state index in [0.29, 0.717) is 11.0 Å². The maximum Gasteiger partial charge on any atom is 0.423 e. The molecular formula is C24H14ClF6N3O3. The molecule has 37 heavy (non-hydrogen) atoms. The zero-order valence-corrected chi connectivity index (χ0v) is 19.0. The van der Waals surface area contributed by atoms with Crippen LogP contribution in [0.2, 0.25) is 5.02 Å². The summed E-state index contributed by atoms with van der Waals surface area (Å²) in [5.41, 5.74) is -5.31. The minimum Gasteiger partial charge on any atom is -0.375 e. The molecule has 0 fully saturated rings. The lowest BCUT2D eigenvalue weighted by atomic mass is 9.95. The quantitative estimate of drug-likeness (QED) is 0.381. The molecule has 0 spiro atoms. The zero-order valence-electron chi connectivity index (χ0n) is 18.3. The van der Waals surface area contributed by atoms with Gasteiger partial charge in [-0.05, 0) is 48.5 Å². The fraction of sp³-hybridized carbons (Fsp3) is 0.167. The first-order valence-corrected chi connectivity index (χ1v) is 10.9. The Morgan fingerprint density at radius 3 is 2.43 bits per heavy atom. The van der Waals surface area contributed by atoms with Crippen molar-refractivity contribution in [1.82, 2.24) is 5.32 Å². The lowest BCUT2D eigenvalue weighted by Gasteiger charge is -2.27. The SMILES string of the molecule is O=C1N[C@H](c2cc(F)ccc2Cl)c2c(NC(=O)N3C[C@](O)(C(F)(F)F)c4cc(F)ccc43)cc(F)cc21. The summed E-state index contributed by atoms with van der Waals surface area (Å²) in [5.74, 6) is -3.47. The van der Waals surface area contributed by atoms with E-state index in [1.165, 1.54) is 6.07 Å². The molecule has 0 unspecified atom stereocenters. The monoisotopic (exact) mass is 541 g/mol. The Morgan fingerprint density at radius 2 is 1.73 bits per heavy atom. The van der Waals surface area contributed by atoms with Crippen LogP contribution in [-0.2, 0) is 5.60 Å². The van der Waals surface area contributed by atoms with E-state index in [0.717, 1.165) is 36.4 Å². The molecule has 5 rings (SSSR count). The van der Waals surface area contributed by atoms with Crippen molar-refractivity contribution < 1.29 is 41.0 Å². The van der Waals surface area contributed by atoms with Gasteiger partial charge in [-0.3, -0.25) is 9.69 Å². The van der Waals surface area contributed by atoms with Gasteiger partial charge in [0.15, 0.2) is 0 Å². The van der Waals surface area contributed by atoms with Crippen LogP contribution >= 0.6 is 11.6 Å². The Bertz CT molecular complexity index is 1480. The molecule has 0 aromatic heterocycles. The molecule has 3 N–H and O–H groups in total. The topological polar surface area (TPSA) is 81.7 Å². The Hall–Kier alpha value is -3.77. The number of hydrogen-bond donors (Lipinski definition) is 3. The van der Waals surface area contributed by atoms with E-state index in [1.807, 2.05) is 0 Å². The van der Waals surface area contributed by atoms with Gasteiger partial charge in [0.05, 0.1) is 24.0 Å². The van der Waals surface area contributed by atoms with Crippen LogP contribution in [-0.4, -0.2) is 29.8 Å². The average molecular weight is 542 g/mol. The number of nitrogens with zero attached hydrogens (tertiary/aromatic N) is 1. The normalized spacial score (nSPS) is 20.5. The van der Waals surface area contributed by atoms with Gasteiger partial charge in [0.1, 0.15) is 17.5 Å². The highest BCUT2D eigenvalue weighted by atomic mass is 35.5. The molecule has 2 aliphatic heterocycles. The standard InChI is InChI=1S/C24H14ClF6N3O3/c25-16-3-1-10(26)5-13(16)20-19-14(21(35)33-20)6-12(28)8-17(19)32-22(36)34-9-23(37,24(29,30)31)15-7-11(27)2-4-18(15)34/h1-8,20,37H,9H2,(H,32,36)(H,33,35)/t20-,23-/m1/s1. The number of fused-ring (bicyclic) bond motifs is 2. The number of urea groups is 1. The molecule has 2 atom stereocenters. The molecule has 0 aliphatic carbocycles. The van der Waals surface area contributed by atoms with Crippen LogP contribution in [0.4, 0.5) is 42.5 Å². The van der Waals surface area contributed by atoms with Crippen LogP contribution in [0.15, 0.2) is 48.5 Å². The maximum atomic E-state index is 14.4. The van der Waals surface area contributed by atoms with Gasteiger partial charge in [-0.1, -0.05) is 11.6 Å². The maximum absolute atomic E-state index is 14.4. The molecule has 6 nitrogen and oxygen atoms in total. The van der Waals surface area contributed by atoms with Gasteiger partial charge < -0.3 is 15.7 Å². The molecule has 0 radical (unpaired) electrons. The van der Waals surface area contributed by atoms with Crippen LogP contribution in [0.3, 0.4) is 0 Å². The summed E-state index contributed by atoms with van der Waals surface area (Å²) in [6.07, 6.45) is -5.26. The number of hydrogen-bond acceptors (Lipinski definition) is 3. The number of β-amino-alcohol motifs (C(OH)–C–C–N with tert-alkyl or cyclic N) is 1. The molecule has 3 aromatic rings. The van der Waals surface area contributed by atoms with E-state index in [-0.39, 0.29) is 27.4 Å². The molecule has 2 aliphatic rings. The molecule has 0 saturated heterocycles. The minimum absolute atomic E-state index is 0.00291. The molecule has 192 valence electrons. The first kappa shape index (κ1) is 24.9. The molecule has 3 aromatic carbocycles. The second-order valence-corrected chi connectivity index (χ2v) is 8.93. The summed E-state index contributed by atoms with van der Waals surface area (Å²) in [6, 6.07) is 4.86. The average Bonchev–Trinajstić information content (AvgIpc) is 3.30. The van der Waals surface area contributed by atoms with Gasteiger partial charge >= 0.3 is 12.2 Å². The second kappa shape index (κ2) is 8.38. The number of halogens is 7. The van der Waals surface area contributed by atoms with Crippen molar-refractivity contribution in [3.63, 3.8) is 0 Å². The summed E-state index contributed by atoms with van der Waals surface area (Å²) >= 11 is 6.17. The number of carbonyl (C=O) groups is 2. The lowest BCUT2D eigenvalue weighted by molar-refractivity contribution is -0.258. The van der Waals surface area contributed by atoms with E-state index < -0.39 is 65.0 Å². The molecular weight excluding hydrogens is 528 g/mol. The van der Waals surface area contributed by atoms with Gasteiger partial charge in [-0.2, -0.15) is 13.2 Å². The summed E-state index contributed by atoms with van der Waals surface area (Å²) in [6.45, 7) is -1.31. The third-order valence-electron chi connectivity index (χ3n) is 6.26. The molecule has 0 bridgehead atoms. The number of anilines is 2. The van der Waals surface area contributed by atoms with Crippen LogP contribution in [0.5, 0.6) is 0 Å². The van der Waals surface area contributed by atoms with Gasteiger partial charge in [0.25, 0.3) is 5.91 Å². The lowest BCUT2D eigenvalue weighted by Crippen LogP contribution is -2.48. The van der Waals surface area contributed by atoms with Crippen LogP contribution in [0.25, 0.3) is 0 Å². The molecule has 0 saturated carbocycles. The fourth-order valence-electron chi connectivity index (χ4n) is 4.55. The smallest absolute Gasteiger partial charge is 0.375 e. The van der Waals surface area contributed by atoms with Crippen molar-refractivity contribution in [3.8, 4) is 0 Å². The third kappa shape index (κ3) is 3.96. The third-order valence-corrected chi connectivity index (χ3v) is 6.60. The van der Waals surface area contributed by atoms with Gasteiger partial charge in [-0.25, -0.2) is 18.0 Å². The minimum atomic E-state index is -5.26. The van der Waals surface area contributed by atoms with Gasteiger partial charge in [-0.15, -0.1) is 0 Å². The van der Waals surface area contributed by atoms with Crippen molar-refractivity contribution in [3.05, 3.63) is 93.3 Å². The van der Waals surface area contributed by atoms with Crippen molar-refractivity contribution in [2.75, 3.05) is 16.8 Å². The summed E-state index contributed by atoms with van der Waals surface area (Å²) < 4.78 is 83.3. The number of benzene rings is 3. The highest BCUT2D eigenvalue weighted by Crippen LogP contribution is 2.49. The highest BCUT2D eigenvalue weighted by molar-refractivity contribution is 6.31. The Morgan fingerprint density at radius 1 is 1.05 bits per heavy atom. The van der Waals surface area contributed by atoms with E-state index in [4.69, 9.17) is 11.6 Å². The van der Waals surface area contributed by atoms with Gasteiger partial charge in [0.2, 0.25) is 5.60 Å². The van der Waals surface area contributed by atoms with E-state index in [2.05, 4.69) is 10.6 Å². The summed E-state index contributed by atoms with van der Waals surface area (Å²) in [7, 11) is 0. The number of carbonyl (C=O) groups excluding carboxylic acids is 2. The Kier molecular flexibility index (Phi) is 5.64. The van der Waals surface area contributed by atoms with Crippen molar-refractivity contribution in [1.29, 1.82) is 0 Å². The number of rotatable bonds is 2. The van der Waals surface area contributed by atoms with E-state index in [9.17, 15) is 41.0 Å². The predicted molar refractivity (Wildman–Crippen MR) is 120 cm³/mol. The first-order valence-electron chi connectivity index (χ1n) is 10.6. The van der Waals surface area contributed by atoms with Crippen molar-refractivity contribution in [2.24, 2.45) is 0 Å². The van der Waals surface area contributed by atoms with Crippen LogP contribution in [0.1, 0.15) is 33.1 Å². The zero-order chi connectivity index (χ0) is 26.9. The molecule has 13 heteroatoms. The summed E-state index contributed by atoms with van der Waals surface area (Å²) in [5, 5.41) is 15.2. The van der Waals surface area contributed by atoms with Crippen molar-refractivity contribution >= 4 is 34.9 Å². The number of amides is 3. The Balaban J connectivity index is 1.57. The van der Waals surface area contributed by atoms with E-state index >= 15 is 0 Å².